The Hall–Kier alpha value is -2.57. The highest BCUT2D eigenvalue weighted by Gasteiger charge is 2.34. The highest BCUT2D eigenvalue weighted by molar-refractivity contribution is 5.80. The molecule has 0 spiro atoms. The van der Waals surface area contributed by atoms with E-state index in [9.17, 15) is 13.2 Å². The van der Waals surface area contributed by atoms with E-state index < -0.39 is 11.9 Å². The van der Waals surface area contributed by atoms with Crippen LogP contribution in [0, 0.1) is 0 Å². The molecule has 20 heavy (non-hydrogen) atoms. The van der Waals surface area contributed by atoms with E-state index in [1.54, 1.807) is 30.5 Å². The molecule has 2 N–H and O–H groups in total. The summed E-state index contributed by atoms with van der Waals surface area (Å²) in [6.07, 6.45) is -2.87. The van der Waals surface area contributed by atoms with Gasteiger partial charge in [0.1, 0.15) is 5.82 Å². The minimum absolute atomic E-state index is 0.0689. The SMILES string of the molecule is Nc1cc(C(F)(F)F)nn1-c1ccc2ncccc2c1. The number of anilines is 1. The summed E-state index contributed by atoms with van der Waals surface area (Å²) in [5.41, 5.74) is 5.79. The Morgan fingerprint density at radius 2 is 1.90 bits per heavy atom. The summed E-state index contributed by atoms with van der Waals surface area (Å²) < 4.78 is 38.9. The molecule has 1 aromatic carbocycles. The molecule has 0 unspecified atom stereocenters. The fourth-order valence-corrected chi connectivity index (χ4v) is 1.94. The monoisotopic (exact) mass is 278 g/mol. The van der Waals surface area contributed by atoms with E-state index in [1.165, 1.54) is 0 Å². The van der Waals surface area contributed by atoms with Crippen LogP contribution in [0.5, 0.6) is 0 Å². The lowest BCUT2D eigenvalue weighted by Gasteiger charge is -2.05. The van der Waals surface area contributed by atoms with Crippen molar-refractivity contribution in [3.05, 3.63) is 48.3 Å². The summed E-state index contributed by atoms with van der Waals surface area (Å²) in [5.74, 6) is -0.0689. The molecular weight excluding hydrogens is 269 g/mol. The number of fused-ring (bicyclic) bond motifs is 1. The number of nitrogens with two attached hydrogens (primary N) is 1. The minimum Gasteiger partial charge on any atom is -0.384 e. The first-order valence-corrected chi connectivity index (χ1v) is 5.73. The lowest BCUT2D eigenvalue weighted by Crippen LogP contribution is -2.07. The quantitative estimate of drug-likeness (QED) is 0.744. The molecule has 0 aliphatic carbocycles. The van der Waals surface area contributed by atoms with Gasteiger partial charge in [-0.15, -0.1) is 0 Å². The Balaban J connectivity index is 2.13. The zero-order valence-corrected chi connectivity index (χ0v) is 10.1. The van der Waals surface area contributed by atoms with Gasteiger partial charge in [-0.25, -0.2) is 4.68 Å². The minimum atomic E-state index is -4.52. The zero-order valence-electron chi connectivity index (χ0n) is 10.1. The van der Waals surface area contributed by atoms with Crippen molar-refractivity contribution in [1.29, 1.82) is 0 Å². The fraction of sp³-hybridized carbons (Fsp3) is 0.0769. The Kier molecular flexibility index (Phi) is 2.63. The van der Waals surface area contributed by atoms with E-state index in [4.69, 9.17) is 5.73 Å². The third kappa shape index (κ3) is 2.07. The lowest BCUT2D eigenvalue weighted by molar-refractivity contribution is -0.141. The first-order valence-electron chi connectivity index (χ1n) is 5.73. The number of pyridine rings is 1. The summed E-state index contributed by atoms with van der Waals surface area (Å²) in [5, 5.41) is 4.30. The van der Waals surface area contributed by atoms with E-state index in [0.29, 0.717) is 5.69 Å². The molecule has 0 saturated carbocycles. The maximum Gasteiger partial charge on any atom is 0.435 e. The molecule has 0 bridgehead atoms. The predicted octanol–water partition coefficient (Wildman–Crippen LogP) is 3.02. The highest BCUT2D eigenvalue weighted by Crippen LogP contribution is 2.30. The van der Waals surface area contributed by atoms with Crippen LogP contribution in [0.25, 0.3) is 16.6 Å². The third-order valence-electron chi connectivity index (χ3n) is 2.86. The lowest BCUT2D eigenvalue weighted by atomic mass is 10.2. The molecule has 2 heterocycles. The van der Waals surface area contributed by atoms with Gasteiger partial charge in [0, 0.05) is 17.6 Å². The second-order valence-corrected chi connectivity index (χ2v) is 4.24. The number of alkyl halides is 3. The van der Waals surface area contributed by atoms with Gasteiger partial charge >= 0.3 is 6.18 Å². The van der Waals surface area contributed by atoms with Crippen LogP contribution in [0.1, 0.15) is 5.69 Å². The van der Waals surface area contributed by atoms with Crippen molar-refractivity contribution in [2.24, 2.45) is 0 Å². The van der Waals surface area contributed by atoms with Crippen LogP contribution < -0.4 is 5.73 Å². The number of halogens is 3. The molecule has 102 valence electrons. The first kappa shape index (κ1) is 12.5. The molecule has 0 radical (unpaired) electrons. The Morgan fingerprint density at radius 3 is 2.60 bits per heavy atom. The molecule has 0 aliphatic heterocycles. The van der Waals surface area contributed by atoms with Crippen molar-refractivity contribution < 1.29 is 13.2 Å². The predicted molar refractivity (Wildman–Crippen MR) is 68.3 cm³/mol. The number of rotatable bonds is 1. The van der Waals surface area contributed by atoms with Gasteiger partial charge in [0.2, 0.25) is 0 Å². The van der Waals surface area contributed by atoms with Crippen molar-refractivity contribution in [3.63, 3.8) is 0 Å². The maximum atomic E-state index is 12.6. The van der Waals surface area contributed by atoms with Gasteiger partial charge in [-0.1, -0.05) is 6.07 Å². The first-order chi connectivity index (χ1) is 9.45. The van der Waals surface area contributed by atoms with E-state index in [1.807, 2.05) is 6.07 Å². The number of benzene rings is 1. The van der Waals surface area contributed by atoms with Gasteiger partial charge in [-0.3, -0.25) is 4.98 Å². The number of hydrogen-bond donors (Lipinski definition) is 1. The number of nitrogen functional groups attached to an aromatic ring is 1. The van der Waals surface area contributed by atoms with Crippen molar-refractivity contribution >= 4 is 16.7 Å². The molecule has 7 heteroatoms. The Labute approximate surface area is 111 Å². The summed E-state index contributed by atoms with van der Waals surface area (Å²) >= 11 is 0. The molecular formula is C13H9F3N4. The fourth-order valence-electron chi connectivity index (χ4n) is 1.94. The van der Waals surface area contributed by atoms with E-state index in [0.717, 1.165) is 21.7 Å². The van der Waals surface area contributed by atoms with Crippen LogP contribution in [0.4, 0.5) is 19.0 Å². The van der Waals surface area contributed by atoms with Gasteiger partial charge in [0.05, 0.1) is 11.2 Å². The van der Waals surface area contributed by atoms with Crippen LogP contribution in [0.2, 0.25) is 0 Å². The zero-order chi connectivity index (χ0) is 14.3. The number of nitrogens with zero attached hydrogens (tertiary/aromatic N) is 3. The molecule has 3 rings (SSSR count). The van der Waals surface area contributed by atoms with Crippen LogP contribution in [0.3, 0.4) is 0 Å². The second kappa shape index (κ2) is 4.22. The van der Waals surface area contributed by atoms with Crippen molar-refractivity contribution in [1.82, 2.24) is 14.8 Å². The van der Waals surface area contributed by atoms with Gasteiger partial charge < -0.3 is 5.73 Å². The molecule has 4 nitrogen and oxygen atoms in total. The smallest absolute Gasteiger partial charge is 0.384 e. The summed E-state index contributed by atoms with van der Waals surface area (Å²) in [6, 6.07) is 9.40. The van der Waals surface area contributed by atoms with Gasteiger partial charge in [-0.05, 0) is 24.3 Å². The normalized spacial score (nSPS) is 11.9. The van der Waals surface area contributed by atoms with Crippen LogP contribution in [-0.4, -0.2) is 14.8 Å². The largest absolute Gasteiger partial charge is 0.435 e. The van der Waals surface area contributed by atoms with Crippen molar-refractivity contribution in [3.8, 4) is 5.69 Å². The third-order valence-corrected chi connectivity index (χ3v) is 2.86. The molecule has 0 aliphatic rings. The van der Waals surface area contributed by atoms with E-state index >= 15 is 0 Å². The average Bonchev–Trinajstić information content (AvgIpc) is 2.80. The Morgan fingerprint density at radius 1 is 1.10 bits per heavy atom. The average molecular weight is 278 g/mol. The number of aromatic nitrogens is 3. The number of hydrogen-bond acceptors (Lipinski definition) is 3. The molecule has 0 amide bonds. The molecule has 0 saturated heterocycles. The van der Waals surface area contributed by atoms with Gasteiger partial charge in [0.15, 0.2) is 5.69 Å². The maximum absolute atomic E-state index is 12.6. The van der Waals surface area contributed by atoms with Crippen LogP contribution >= 0.6 is 0 Å². The van der Waals surface area contributed by atoms with E-state index in [2.05, 4.69) is 10.1 Å². The molecule has 2 aromatic heterocycles. The summed E-state index contributed by atoms with van der Waals surface area (Å²) in [6.45, 7) is 0. The van der Waals surface area contributed by atoms with Crippen LogP contribution in [-0.2, 0) is 6.18 Å². The highest BCUT2D eigenvalue weighted by atomic mass is 19.4. The van der Waals surface area contributed by atoms with Crippen LogP contribution in [0.15, 0.2) is 42.6 Å². The van der Waals surface area contributed by atoms with Gasteiger partial charge in [0.25, 0.3) is 0 Å². The molecule has 0 fully saturated rings. The summed E-state index contributed by atoms with van der Waals surface area (Å²) in [7, 11) is 0. The summed E-state index contributed by atoms with van der Waals surface area (Å²) in [4.78, 5) is 4.14. The molecule has 3 aromatic rings. The topological polar surface area (TPSA) is 56.7 Å². The second-order valence-electron chi connectivity index (χ2n) is 4.24. The van der Waals surface area contributed by atoms with Crippen molar-refractivity contribution in [2.75, 3.05) is 5.73 Å². The van der Waals surface area contributed by atoms with Crippen molar-refractivity contribution in [2.45, 2.75) is 6.18 Å². The van der Waals surface area contributed by atoms with Gasteiger partial charge in [-0.2, -0.15) is 18.3 Å². The standard InChI is InChI=1S/C13H9F3N4/c14-13(15,16)11-7-12(17)20(19-11)9-3-4-10-8(6-9)2-1-5-18-10/h1-7H,17H2. The molecule has 0 atom stereocenters. The van der Waals surface area contributed by atoms with E-state index in [-0.39, 0.29) is 5.82 Å². The Bertz CT molecular complexity index is 777.